The molecule has 4 aliphatic rings. The Morgan fingerprint density at radius 1 is 0.893 bits per heavy atom. The van der Waals surface area contributed by atoms with Crippen LogP contribution in [0.1, 0.15) is 79.5 Å². The number of aliphatic hydroxyl groups excluding tert-OH is 1. The average Bonchev–Trinajstić information content (AvgIpc) is 2.60. The molecular formula is C22H31BNaO4. The summed E-state index contributed by atoms with van der Waals surface area (Å²) < 4.78 is 0. The number of allylic oxidation sites excluding steroid dienone is 3. The maximum absolute atomic E-state index is 11.7. The van der Waals surface area contributed by atoms with Gasteiger partial charge in [0, 0.05) is 38.5 Å². The van der Waals surface area contributed by atoms with Gasteiger partial charge in [0.15, 0.2) is 11.6 Å². The zero-order chi connectivity index (χ0) is 18.9. The van der Waals surface area contributed by atoms with Gasteiger partial charge in [-0.2, -0.15) is 0 Å². The van der Waals surface area contributed by atoms with E-state index in [9.17, 15) is 19.5 Å². The molecule has 3 atom stereocenters. The van der Waals surface area contributed by atoms with Crippen LogP contribution in [0.25, 0.3) is 0 Å². The first-order valence-electron chi connectivity index (χ1n) is 9.95. The van der Waals surface area contributed by atoms with Crippen molar-refractivity contribution in [1.82, 2.24) is 0 Å². The Hall–Kier alpha value is -0.485. The van der Waals surface area contributed by atoms with Gasteiger partial charge < -0.3 is 6.53 Å². The van der Waals surface area contributed by atoms with Gasteiger partial charge in [-0.05, 0) is 64.0 Å². The van der Waals surface area contributed by atoms with Crippen molar-refractivity contribution in [3.63, 3.8) is 0 Å². The second-order valence-electron chi connectivity index (χ2n) is 8.71. The molecule has 4 rings (SSSR count). The predicted molar refractivity (Wildman–Crippen MR) is 106 cm³/mol. The molecule has 0 saturated heterocycles. The topological polar surface area (TPSA) is 71.4 Å². The summed E-state index contributed by atoms with van der Waals surface area (Å²) in [5.41, 5.74) is 1.89. The van der Waals surface area contributed by atoms with Crippen LogP contribution >= 0.6 is 0 Å². The maximum Gasteiger partial charge on any atom is 1.00 e. The molecule has 0 spiro atoms. The summed E-state index contributed by atoms with van der Waals surface area (Å²) in [4.78, 5) is 34.1. The van der Waals surface area contributed by atoms with Gasteiger partial charge in [0.2, 0.25) is 0 Å². The number of Topliss-reactive ketones (excluding diaryl/α,β-unsaturated/α-hetero) is 1. The van der Waals surface area contributed by atoms with E-state index in [2.05, 4.69) is 6.92 Å². The molecule has 4 aliphatic carbocycles. The van der Waals surface area contributed by atoms with E-state index in [1.165, 1.54) is 5.57 Å². The Morgan fingerprint density at radius 2 is 1.46 bits per heavy atom. The van der Waals surface area contributed by atoms with Crippen LogP contribution in [-0.4, -0.2) is 37.0 Å². The summed E-state index contributed by atoms with van der Waals surface area (Å²) in [6, 6.07) is 0. The monoisotopic (exact) mass is 393 g/mol. The van der Waals surface area contributed by atoms with Crippen LogP contribution in [0.5, 0.6) is 0 Å². The van der Waals surface area contributed by atoms with Gasteiger partial charge in [-0.1, -0.05) is 18.1 Å². The summed E-state index contributed by atoms with van der Waals surface area (Å²) in [5.74, 6) is 0.765. The summed E-state index contributed by atoms with van der Waals surface area (Å²) in [7, 11) is 0. The Labute approximate surface area is 194 Å². The van der Waals surface area contributed by atoms with Gasteiger partial charge >= 0.3 is 29.6 Å². The first kappa shape index (κ1) is 25.6. The Morgan fingerprint density at radius 3 is 2.14 bits per heavy atom. The number of hydrogen-bond donors (Lipinski definition) is 1. The summed E-state index contributed by atoms with van der Waals surface area (Å²) in [6.07, 6.45) is 11.4. The molecule has 0 aromatic heterocycles. The van der Waals surface area contributed by atoms with Crippen LogP contribution in [0.4, 0.5) is 0 Å². The Kier molecular flexibility index (Phi) is 9.14. The SMILES string of the molecule is C[C@]12CCC(=O)C=C1CCCC2=O.C[C@]12CCC(=O)C=C1CCC[C@@H]2O.[B].[H-].[Na+]. The van der Waals surface area contributed by atoms with E-state index in [0.29, 0.717) is 25.0 Å². The fourth-order valence-corrected chi connectivity index (χ4v) is 4.86. The second-order valence-corrected chi connectivity index (χ2v) is 8.71. The van der Waals surface area contributed by atoms with Gasteiger partial charge in [0.1, 0.15) is 5.78 Å². The zero-order valence-corrected chi connectivity index (χ0v) is 19.6. The molecule has 2 saturated carbocycles. The predicted octanol–water partition coefficient (Wildman–Crippen LogP) is 0.598. The second kappa shape index (κ2) is 10.0. The third-order valence-electron chi connectivity index (χ3n) is 7.00. The van der Waals surface area contributed by atoms with Crippen LogP contribution in [-0.2, 0) is 14.4 Å². The molecule has 0 amide bonds. The fourth-order valence-electron chi connectivity index (χ4n) is 4.86. The smallest absolute Gasteiger partial charge is 1.00 e. The van der Waals surface area contributed by atoms with Gasteiger partial charge in [0.25, 0.3) is 0 Å². The van der Waals surface area contributed by atoms with Gasteiger partial charge in [-0.25, -0.2) is 0 Å². The normalized spacial score (nSPS) is 34.2. The number of fused-ring (bicyclic) bond motifs is 2. The fraction of sp³-hybridized carbons (Fsp3) is 0.682. The summed E-state index contributed by atoms with van der Waals surface area (Å²) in [6.45, 7) is 4.09. The molecule has 0 bridgehead atoms. The molecular weight excluding hydrogens is 362 g/mol. The quantitative estimate of drug-likeness (QED) is 0.612. The van der Waals surface area contributed by atoms with Crippen molar-refractivity contribution in [2.24, 2.45) is 10.8 Å². The molecule has 1 N–H and O–H groups in total. The minimum absolute atomic E-state index is 0. The Balaban J connectivity index is 0.000000490. The molecule has 0 heterocycles. The first-order valence-corrected chi connectivity index (χ1v) is 9.95. The number of ketones is 3. The van der Waals surface area contributed by atoms with E-state index in [1.54, 1.807) is 12.2 Å². The van der Waals surface area contributed by atoms with E-state index in [1.807, 2.05) is 6.92 Å². The van der Waals surface area contributed by atoms with E-state index < -0.39 is 0 Å². The number of hydrogen-bond acceptors (Lipinski definition) is 4. The van der Waals surface area contributed by atoms with Gasteiger partial charge in [-0.3, -0.25) is 14.4 Å². The van der Waals surface area contributed by atoms with Crippen molar-refractivity contribution in [1.29, 1.82) is 0 Å². The molecule has 147 valence electrons. The number of rotatable bonds is 0. The van der Waals surface area contributed by atoms with Crippen LogP contribution in [0, 0.1) is 10.8 Å². The Bertz CT molecular complexity index is 705. The van der Waals surface area contributed by atoms with Crippen molar-refractivity contribution in [2.75, 3.05) is 0 Å². The van der Waals surface area contributed by atoms with Crippen LogP contribution in [0.15, 0.2) is 23.3 Å². The largest absolute Gasteiger partial charge is 1.00 e. The number of carbonyl (C=O) groups excluding carboxylic acids is 3. The van der Waals surface area contributed by atoms with Gasteiger partial charge in [-0.15, -0.1) is 0 Å². The van der Waals surface area contributed by atoms with Crippen LogP contribution in [0.2, 0.25) is 0 Å². The number of carbonyl (C=O) groups is 3. The van der Waals surface area contributed by atoms with Crippen molar-refractivity contribution in [3.05, 3.63) is 23.3 Å². The molecule has 0 aliphatic heterocycles. The molecule has 0 aromatic rings. The maximum atomic E-state index is 11.7. The van der Waals surface area contributed by atoms with E-state index in [4.69, 9.17) is 0 Å². The van der Waals surface area contributed by atoms with Gasteiger partial charge in [0.05, 0.1) is 6.10 Å². The minimum Gasteiger partial charge on any atom is -1.00 e. The van der Waals surface area contributed by atoms with E-state index >= 15 is 0 Å². The van der Waals surface area contributed by atoms with E-state index in [-0.39, 0.29) is 67.9 Å². The molecule has 0 unspecified atom stereocenters. The standard InChI is InChI=1S/C11H16O2.C11H14O2.B.Na.H/c2*1-11-6-5-9(12)7-8(11)3-2-4-10(11)13;;;/h7,10,13H,2-6H2,1H3;7H,2-6H2,1H3;;;/q;;;+1;-1/t10-,11-;11-;;;/m00.../s1. The molecule has 6 heteroatoms. The van der Waals surface area contributed by atoms with Crippen LogP contribution < -0.4 is 29.6 Å². The number of aliphatic hydroxyl groups is 1. The third-order valence-corrected chi connectivity index (χ3v) is 7.00. The minimum atomic E-state index is -0.286. The molecule has 4 nitrogen and oxygen atoms in total. The zero-order valence-electron chi connectivity index (χ0n) is 18.6. The molecule has 28 heavy (non-hydrogen) atoms. The van der Waals surface area contributed by atoms with Crippen molar-refractivity contribution in [3.8, 4) is 0 Å². The van der Waals surface area contributed by atoms with Crippen LogP contribution in [0.3, 0.4) is 0 Å². The summed E-state index contributed by atoms with van der Waals surface area (Å²) in [5, 5.41) is 9.90. The molecule has 0 aromatic carbocycles. The van der Waals surface area contributed by atoms with Crippen molar-refractivity contribution < 1.29 is 50.5 Å². The molecule has 2 fully saturated rings. The van der Waals surface area contributed by atoms with Crippen molar-refractivity contribution >= 4 is 25.8 Å². The first-order chi connectivity index (χ1) is 12.3. The molecule has 3 radical (unpaired) electrons. The average molecular weight is 393 g/mol. The van der Waals surface area contributed by atoms with Crippen molar-refractivity contribution in [2.45, 2.75) is 84.2 Å². The van der Waals surface area contributed by atoms with E-state index in [0.717, 1.165) is 50.5 Å². The summed E-state index contributed by atoms with van der Waals surface area (Å²) >= 11 is 0. The third kappa shape index (κ3) is 4.98.